The number of halogens is 1. The Morgan fingerprint density at radius 1 is 1.24 bits per heavy atom. The number of carbonyl (C=O) groups excluding carboxylic acids is 2. The van der Waals surface area contributed by atoms with Crippen LogP contribution >= 0.6 is 22.6 Å². The van der Waals surface area contributed by atoms with Crippen LogP contribution in [0.3, 0.4) is 0 Å². The van der Waals surface area contributed by atoms with Crippen molar-refractivity contribution in [2.45, 2.75) is 31.2 Å². The number of alkyl halides is 1. The molecule has 1 aliphatic heterocycles. The molecule has 146 valence electrons. The molecule has 0 spiro atoms. The number of esters is 2. The van der Waals surface area contributed by atoms with Crippen LogP contribution in [0, 0.1) is 0 Å². The van der Waals surface area contributed by atoms with Crippen molar-refractivity contribution in [3.05, 3.63) is 12.7 Å². The molecule has 1 unspecified atom stereocenters. The molecule has 1 rings (SSSR count). The number of aliphatic hydroxyl groups excluding tert-OH is 1. The molecule has 25 heavy (non-hydrogen) atoms. The number of aliphatic hydroxyl groups is 1. The number of ether oxygens (including phenoxy) is 5. The minimum Gasteiger partial charge on any atom is -0.469 e. The average molecular weight is 474 g/mol. The lowest BCUT2D eigenvalue weighted by atomic mass is 10.2. The standard InChI is InChI=1S/C8H13IO4.C8H14O4/c1-11-8(10)2-6-4-13-7(3-9)5-12-6;1-3-4-12-7(6-9)5-8(10)11-2/h6-7H,2-5H2,1H3;3,7,9H,1,4-6H2,2H3/t6-,7?;7-/m00/s1. The first-order chi connectivity index (χ1) is 12.0. The summed E-state index contributed by atoms with van der Waals surface area (Å²) in [6, 6.07) is 0. The summed E-state index contributed by atoms with van der Waals surface area (Å²) in [6.07, 6.45) is 1.46. The van der Waals surface area contributed by atoms with Crippen LogP contribution in [0.5, 0.6) is 0 Å². The van der Waals surface area contributed by atoms with E-state index in [4.69, 9.17) is 19.3 Å². The second-order valence-electron chi connectivity index (χ2n) is 5.05. The van der Waals surface area contributed by atoms with Gasteiger partial charge in [-0.2, -0.15) is 0 Å². The quantitative estimate of drug-likeness (QED) is 0.228. The zero-order valence-electron chi connectivity index (χ0n) is 14.6. The highest BCUT2D eigenvalue weighted by Gasteiger charge is 2.23. The zero-order valence-corrected chi connectivity index (χ0v) is 16.8. The highest BCUT2D eigenvalue weighted by Crippen LogP contribution is 2.12. The van der Waals surface area contributed by atoms with Crippen LogP contribution in [0.25, 0.3) is 0 Å². The number of methoxy groups -OCH3 is 2. The fourth-order valence-electron chi connectivity index (χ4n) is 1.71. The number of hydrogen-bond donors (Lipinski definition) is 1. The molecule has 0 aromatic carbocycles. The normalized spacial score (nSPS) is 20.6. The van der Waals surface area contributed by atoms with E-state index in [0.29, 0.717) is 19.8 Å². The molecule has 0 radical (unpaired) electrons. The van der Waals surface area contributed by atoms with Gasteiger partial charge in [0.05, 0.1) is 71.8 Å². The smallest absolute Gasteiger partial charge is 0.308 e. The fraction of sp³-hybridized carbons (Fsp3) is 0.750. The first-order valence-electron chi connectivity index (χ1n) is 7.76. The topological polar surface area (TPSA) is 101 Å². The maximum Gasteiger partial charge on any atom is 0.308 e. The maximum atomic E-state index is 10.9. The van der Waals surface area contributed by atoms with Crippen molar-refractivity contribution < 1.29 is 38.4 Å². The van der Waals surface area contributed by atoms with Crippen molar-refractivity contribution in [3.8, 4) is 0 Å². The molecule has 0 aromatic rings. The van der Waals surface area contributed by atoms with Gasteiger partial charge < -0.3 is 28.8 Å². The van der Waals surface area contributed by atoms with Gasteiger partial charge in [-0.25, -0.2) is 0 Å². The Bertz CT molecular complexity index is 382. The van der Waals surface area contributed by atoms with Gasteiger partial charge in [0.25, 0.3) is 0 Å². The van der Waals surface area contributed by atoms with E-state index in [1.54, 1.807) is 6.08 Å². The van der Waals surface area contributed by atoms with Crippen molar-refractivity contribution in [2.24, 2.45) is 0 Å². The summed E-state index contributed by atoms with van der Waals surface area (Å²) in [4.78, 5) is 21.6. The molecule has 1 N–H and O–H groups in total. The first-order valence-corrected chi connectivity index (χ1v) is 9.29. The molecule has 1 aliphatic rings. The highest BCUT2D eigenvalue weighted by atomic mass is 127. The number of rotatable bonds is 9. The molecule has 0 aromatic heterocycles. The van der Waals surface area contributed by atoms with Gasteiger partial charge in [-0.3, -0.25) is 9.59 Å². The Morgan fingerprint density at radius 3 is 2.28 bits per heavy atom. The van der Waals surface area contributed by atoms with E-state index in [2.05, 4.69) is 38.6 Å². The second kappa shape index (κ2) is 15.5. The Balaban J connectivity index is 0.000000463. The molecule has 9 heteroatoms. The third-order valence-electron chi connectivity index (χ3n) is 3.11. The molecule has 0 aliphatic carbocycles. The van der Waals surface area contributed by atoms with Crippen LogP contribution in [0.2, 0.25) is 0 Å². The van der Waals surface area contributed by atoms with Crippen LogP contribution in [0.15, 0.2) is 12.7 Å². The van der Waals surface area contributed by atoms with Gasteiger partial charge in [0.1, 0.15) is 0 Å². The van der Waals surface area contributed by atoms with Crippen molar-refractivity contribution in [1.29, 1.82) is 0 Å². The van der Waals surface area contributed by atoms with Crippen LogP contribution < -0.4 is 0 Å². The third-order valence-corrected chi connectivity index (χ3v) is 4.09. The minimum absolute atomic E-state index is 0.0703. The van der Waals surface area contributed by atoms with Crippen LogP contribution in [0.4, 0.5) is 0 Å². The monoisotopic (exact) mass is 474 g/mol. The molecule has 1 heterocycles. The Morgan fingerprint density at radius 2 is 1.84 bits per heavy atom. The van der Waals surface area contributed by atoms with Gasteiger partial charge >= 0.3 is 11.9 Å². The van der Waals surface area contributed by atoms with E-state index < -0.39 is 12.1 Å². The summed E-state index contributed by atoms with van der Waals surface area (Å²) in [7, 11) is 2.67. The van der Waals surface area contributed by atoms with Gasteiger partial charge in [-0.1, -0.05) is 28.7 Å². The van der Waals surface area contributed by atoms with Crippen LogP contribution in [0.1, 0.15) is 12.8 Å². The fourth-order valence-corrected chi connectivity index (χ4v) is 2.22. The average Bonchev–Trinajstić information content (AvgIpc) is 2.65. The lowest BCUT2D eigenvalue weighted by Crippen LogP contribution is -2.37. The molecular formula is C16H27IO8. The third kappa shape index (κ3) is 12.3. The van der Waals surface area contributed by atoms with E-state index >= 15 is 0 Å². The van der Waals surface area contributed by atoms with E-state index in [1.807, 2.05) is 0 Å². The predicted molar refractivity (Wildman–Crippen MR) is 98.7 cm³/mol. The van der Waals surface area contributed by atoms with E-state index in [-0.39, 0.29) is 37.6 Å². The first kappa shape index (κ1) is 24.2. The van der Waals surface area contributed by atoms with Gasteiger partial charge in [0, 0.05) is 4.43 Å². The summed E-state index contributed by atoms with van der Waals surface area (Å²) in [5.41, 5.74) is 0. The molecule has 0 amide bonds. The maximum absolute atomic E-state index is 10.9. The molecule has 3 atom stereocenters. The van der Waals surface area contributed by atoms with Gasteiger partial charge in [0.15, 0.2) is 0 Å². The molecule has 1 fully saturated rings. The van der Waals surface area contributed by atoms with Gasteiger partial charge in [-0.15, -0.1) is 6.58 Å². The number of carbonyl (C=O) groups is 2. The summed E-state index contributed by atoms with van der Waals surface area (Å²) in [6.45, 7) is 4.64. The zero-order chi connectivity index (χ0) is 19.1. The molecule has 1 saturated heterocycles. The SMILES string of the molecule is C=CCO[C@H](CO)CC(=O)OC.COC(=O)C[C@H]1COC(CI)CO1. The van der Waals surface area contributed by atoms with Crippen molar-refractivity contribution in [1.82, 2.24) is 0 Å². The van der Waals surface area contributed by atoms with E-state index in [9.17, 15) is 9.59 Å². The highest BCUT2D eigenvalue weighted by molar-refractivity contribution is 14.1. The Kier molecular flexibility index (Phi) is 15.0. The molecule has 8 nitrogen and oxygen atoms in total. The summed E-state index contributed by atoms with van der Waals surface area (Å²) >= 11 is 2.25. The van der Waals surface area contributed by atoms with Gasteiger partial charge in [0.2, 0.25) is 0 Å². The molecule has 0 bridgehead atoms. The molecular weight excluding hydrogens is 447 g/mol. The lowest BCUT2D eigenvalue weighted by molar-refractivity contribution is -0.156. The van der Waals surface area contributed by atoms with Crippen molar-refractivity contribution >= 4 is 34.5 Å². The summed E-state index contributed by atoms with van der Waals surface area (Å²) in [5, 5.41) is 8.73. The second-order valence-corrected chi connectivity index (χ2v) is 5.93. The predicted octanol–water partition coefficient (Wildman–Crippen LogP) is 0.881. The lowest BCUT2D eigenvalue weighted by Gasteiger charge is -2.27. The van der Waals surface area contributed by atoms with E-state index in [0.717, 1.165) is 4.43 Å². The minimum atomic E-state index is -0.490. The van der Waals surface area contributed by atoms with Crippen molar-refractivity contribution in [2.75, 3.05) is 45.1 Å². The Hall–Kier alpha value is -0.750. The van der Waals surface area contributed by atoms with E-state index in [1.165, 1.54) is 14.2 Å². The largest absolute Gasteiger partial charge is 0.469 e. The van der Waals surface area contributed by atoms with Crippen molar-refractivity contribution in [3.63, 3.8) is 0 Å². The van der Waals surface area contributed by atoms with Gasteiger partial charge in [-0.05, 0) is 0 Å². The molecule has 0 saturated carbocycles. The summed E-state index contributed by atoms with van der Waals surface area (Å²) < 4.78 is 25.8. The van der Waals surface area contributed by atoms with Crippen LogP contribution in [-0.2, 0) is 33.3 Å². The Labute approximate surface area is 161 Å². The van der Waals surface area contributed by atoms with Crippen LogP contribution in [-0.4, -0.2) is 80.4 Å². The summed E-state index contributed by atoms with van der Waals surface area (Å²) in [5.74, 6) is -0.639. The number of hydrogen-bond acceptors (Lipinski definition) is 8.